The van der Waals surface area contributed by atoms with Gasteiger partial charge in [0.2, 0.25) is 0 Å². The zero-order valence-electron chi connectivity index (χ0n) is 24.2. The topological polar surface area (TPSA) is 54.0 Å². The molecule has 2 aliphatic heterocycles. The van der Waals surface area contributed by atoms with Crippen molar-refractivity contribution >= 4 is 11.0 Å². The number of aryl methyl sites for hydroxylation is 4. The van der Waals surface area contributed by atoms with Gasteiger partial charge in [0.05, 0.1) is 18.9 Å². The summed E-state index contributed by atoms with van der Waals surface area (Å²) >= 11 is 0. The summed E-state index contributed by atoms with van der Waals surface area (Å²) in [5.74, 6) is -0.265. The summed E-state index contributed by atoms with van der Waals surface area (Å²) in [6.45, 7) is 5.77. The summed E-state index contributed by atoms with van der Waals surface area (Å²) in [5, 5.41) is 0.922. The van der Waals surface area contributed by atoms with Crippen LogP contribution in [0.3, 0.4) is 0 Å². The van der Waals surface area contributed by atoms with Crippen LogP contribution in [0.2, 0.25) is 0 Å². The summed E-state index contributed by atoms with van der Waals surface area (Å²) in [6.07, 6.45) is 9.76. The molecule has 1 N–H and O–H groups in total. The van der Waals surface area contributed by atoms with Crippen molar-refractivity contribution in [3.05, 3.63) is 95.2 Å². The van der Waals surface area contributed by atoms with E-state index in [2.05, 4.69) is 39.1 Å². The first-order valence-corrected chi connectivity index (χ1v) is 15.2. The Morgan fingerprint density at radius 2 is 1.64 bits per heavy atom. The summed E-state index contributed by atoms with van der Waals surface area (Å²) < 4.78 is 21.4. The van der Waals surface area contributed by atoms with Gasteiger partial charge < -0.3 is 9.72 Å². The quantitative estimate of drug-likeness (QED) is 0.233. The van der Waals surface area contributed by atoms with E-state index in [-0.39, 0.29) is 5.82 Å². The van der Waals surface area contributed by atoms with Crippen molar-refractivity contribution in [3.63, 3.8) is 0 Å². The van der Waals surface area contributed by atoms with Gasteiger partial charge >= 0.3 is 0 Å². The molecule has 0 amide bonds. The van der Waals surface area contributed by atoms with E-state index in [1.807, 2.05) is 50.5 Å². The van der Waals surface area contributed by atoms with Crippen molar-refractivity contribution in [1.29, 1.82) is 0 Å². The fourth-order valence-corrected chi connectivity index (χ4v) is 7.51. The largest absolute Gasteiger partial charge is 0.378 e. The van der Waals surface area contributed by atoms with E-state index in [4.69, 9.17) is 9.72 Å². The second-order valence-corrected chi connectivity index (χ2v) is 12.4. The molecule has 2 fully saturated rings. The number of aromatic amines is 1. The first-order valence-electron chi connectivity index (χ1n) is 15.2. The van der Waals surface area contributed by atoms with Gasteiger partial charge in [0, 0.05) is 63.9 Å². The Bertz CT molecular complexity index is 1810. The van der Waals surface area contributed by atoms with Crippen LogP contribution < -0.4 is 0 Å². The zero-order valence-corrected chi connectivity index (χ0v) is 24.2. The second-order valence-electron chi connectivity index (χ2n) is 12.4. The Morgan fingerprint density at radius 1 is 0.833 bits per heavy atom. The van der Waals surface area contributed by atoms with E-state index in [1.165, 1.54) is 36.0 Å². The van der Waals surface area contributed by atoms with Crippen LogP contribution in [0.15, 0.2) is 67.0 Å². The second kappa shape index (κ2) is 10.1. The minimum atomic E-state index is -0.265. The normalized spacial score (nSPS) is 22.0. The molecule has 3 atom stereocenters. The molecule has 2 saturated heterocycles. The highest BCUT2D eigenvalue weighted by atomic mass is 19.1. The van der Waals surface area contributed by atoms with E-state index in [0.717, 1.165) is 70.7 Å². The molecule has 2 unspecified atom stereocenters. The third kappa shape index (κ3) is 4.36. The van der Waals surface area contributed by atoms with Gasteiger partial charge in [0.1, 0.15) is 11.5 Å². The number of rotatable bonds is 4. The average molecular weight is 559 g/mol. The molecule has 1 aliphatic carbocycles. The van der Waals surface area contributed by atoms with E-state index in [1.54, 1.807) is 6.07 Å². The molecule has 0 saturated carbocycles. The van der Waals surface area contributed by atoms with Gasteiger partial charge in [-0.15, -0.1) is 0 Å². The van der Waals surface area contributed by atoms with E-state index >= 15 is 4.39 Å². The number of benzene rings is 2. The summed E-state index contributed by atoms with van der Waals surface area (Å²) in [7, 11) is 0. The van der Waals surface area contributed by atoms with Gasteiger partial charge in [0.25, 0.3) is 0 Å². The number of pyridine rings is 2. The van der Waals surface area contributed by atoms with Gasteiger partial charge in [-0.1, -0.05) is 36.4 Å². The van der Waals surface area contributed by atoms with E-state index in [9.17, 15) is 0 Å². The Labute approximate surface area is 245 Å². The number of fused-ring (bicyclic) bond motifs is 4. The van der Waals surface area contributed by atoms with Crippen LogP contribution in [0.5, 0.6) is 0 Å². The van der Waals surface area contributed by atoms with Crippen molar-refractivity contribution < 1.29 is 9.13 Å². The van der Waals surface area contributed by atoms with Crippen molar-refractivity contribution in [1.82, 2.24) is 19.9 Å². The maximum absolute atomic E-state index is 15.6. The van der Waals surface area contributed by atoms with Crippen molar-refractivity contribution in [2.45, 2.75) is 64.1 Å². The van der Waals surface area contributed by atoms with Crippen LogP contribution >= 0.6 is 0 Å². The standard InChI is InChI=1S/C36H35FN4O/c1-21-3-4-22(2)40-35(21)26-9-12-31(34(37)15-26)33-18-39-36-32(33)14-27(17-38-36)25-6-5-23-7-10-28(11-8-24(23)13-25)41-29-16-30(41)20-42-19-29/h3-6,9,12-15,17-18,28-30H,7-8,10-11,16,19-20H2,1-2H3,(H,38,39)/t28-,29?,30?/m0/s1. The van der Waals surface area contributed by atoms with Crippen LogP contribution in [0.4, 0.5) is 4.39 Å². The lowest BCUT2D eigenvalue weighted by atomic mass is 9.87. The van der Waals surface area contributed by atoms with Gasteiger partial charge in [-0.25, -0.2) is 9.37 Å². The zero-order chi connectivity index (χ0) is 28.4. The molecule has 0 radical (unpaired) electrons. The summed E-state index contributed by atoms with van der Waals surface area (Å²) in [5.41, 5.74) is 10.8. The number of hydrogen-bond acceptors (Lipinski definition) is 4. The number of ether oxygens (including phenoxy) is 1. The highest BCUT2D eigenvalue weighted by Gasteiger charge is 2.45. The molecule has 8 rings (SSSR count). The first kappa shape index (κ1) is 25.8. The SMILES string of the molecule is Cc1ccc(C)c(-c2ccc(-c3c[nH]c4ncc(-c5ccc6c(c5)CC[C@@H](N5C7COCC5C7)CC6)cc34)c(F)c2)n1. The Morgan fingerprint density at radius 3 is 2.45 bits per heavy atom. The van der Waals surface area contributed by atoms with Crippen molar-refractivity contribution in [3.8, 4) is 33.5 Å². The fraction of sp³-hybridized carbons (Fsp3) is 0.333. The number of H-pyrrole nitrogens is 1. The fourth-order valence-electron chi connectivity index (χ4n) is 7.51. The van der Waals surface area contributed by atoms with Crippen molar-refractivity contribution in [2.24, 2.45) is 0 Å². The van der Waals surface area contributed by atoms with E-state index < -0.39 is 0 Å². The molecule has 5 heterocycles. The molecule has 5 aromatic rings. The van der Waals surface area contributed by atoms with Crippen molar-refractivity contribution in [2.75, 3.05) is 13.2 Å². The maximum atomic E-state index is 15.6. The molecule has 5 nitrogen and oxygen atoms in total. The van der Waals surface area contributed by atoms with E-state index in [0.29, 0.717) is 23.7 Å². The lowest BCUT2D eigenvalue weighted by molar-refractivity contribution is -0.148. The van der Waals surface area contributed by atoms with Crippen LogP contribution in [0.1, 0.15) is 41.6 Å². The van der Waals surface area contributed by atoms with Gasteiger partial charge in [-0.05, 0) is 86.4 Å². The molecule has 212 valence electrons. The number of halogens is 1. The molecule has 2 bridgehead atoms. The summed E-state index contributed by atoms with van der Waals surface area (Å²) in [6, 6.07) is 20.4. The van der Waals surface area contributed by atoms with Crippen LogP contribution in [0, 0.1) is 19.7 Å². The maximum Gasteiger partial charge on any atom is 0.137 e. The molecule has 3 aromatic heterocycles. The molecule has 0 spiro atoms. The number of morpholine rings is 1. The van der Waals surface area contributed by atoms with Crippen LogP contribution in [-0.4, -0.2) is 51.2 Å². The third-order valence-electron chi connectivity index (χ3n) is 9.76. The first-order chi connectivity index (χ1) is 20.5. The molecule has 3 aliphatic rings. The highest BCUT2D eigenvalue weighted by Crippen LogP contribution is 2.39. The lowest BCUT2D eigenvalue weighted by Crippen LogP contribution is -2.66. The minimum Gasteiger partial charge on any atom is -0.378 e. The number of nitrogens with one attached hydrogen (secondary N) is 1. The van der Waals surface area contributed by atoms with Crippen LogP contribution in [-0.2, 0) is 17.6 Å². The summed E-state index contributed by atoms with van der Waals surface area (Å²) in [4.78, 5) is 15.4. The predicted octanol–water partition coefficient (Wildman–Crippen LogP) is 7.44. The molecular formula is C36H35FN4O. The Kier molecular flexibility index (Phi) is 6.23. The van der Waals surface area contributed by atoms with Gasteiger partial charge in [-0.3, -0.25) is 9.88 Å². The monoisotopic (exact) mass is 558 g/mol. The van der Waals surface area contributed by atoms with Gasteiger partial charge in [0.15, 0.2) is 0 Å². The smallest absolute Gasteiger partial charge is 0.137 e. The number of nitrogens with zero attached hydrogens (tertiary/aromatic N) is 3. The highest BCUT2D eigenvalue weighted by molar-refractivity contribution is 5.96. The van der Waals surface area contributed by atoms with Gasteiger partial charge in [-0.2, -0.15) is 0 Å². The van der Waals surface area contributed by atoms with Crippen LogP contribution in [0.25, 0.3) is 44.5 Å². The number of hydrogen-bond donors (Lipinski definition) is 1. The molecule has 42 heavy (non-hydrogen) atoms. The average Bonchev–Trinajstić information content (AvgIpc) is 3.32. The molecule has 6 heteroatoms. The number of aromatic nitrogens is 3. The molecule has 2 aromatic carbocycles. The Hall–Kier alpha value is -3.87. The minimum absolute atomic E-state index is 0.265. The Balaban J connectivity index is 1.08. The predicted molar refractivity (Wildman–Crippen MR) is 165 cm³/mol. The third-order valence-corrected chi connectivity index (χ3v) is 9.76. The lowest BCUT2D eigenvalue weighted by Gasteiger charge is -2.56. The molecular weight excluding hydrogens is 523 g/mol.